The maximum absolute atomic E-state index is 11.9. The summed E-state index contributed by atoms with van der Waals surface area (Å²) >= 11 is 6.25. The van der Waals surface area contributed by atoms with Crippen LogP contribution in [0.25, 0.3) is 11.0 Å². The second-order valence-electron chi connectivity index (χ2n) is 6.64. The molecule has 2 aromatic rings. The van der Waals surface area contributed by atoms with Crippen LogP contribution >= 0.6 is 11.6 Å². The van der Waals surface area contributed by atoms with Gasteiger partial charge in [0, 0.05) is 34.9 Å². The average molecular weight is 365 g/mol. The van der Waals surface area contributed by atoms with Crippen molar-refractivity contribution in [3.05, 3.63) is 44.8 Å². The van der Waals surface area contributed by atoms with E-state index in [1.807, 2.05) is 26.0 Å². The largest absolute Gasteiger partial charge is 0.466 e. The second kappa shape index (κ2) is 7.58. The number of carbonyl (C=O) groups is 1. The number of carbonyl (C=O) groups excluding carboxylic acids is 1. The Morgan fingerprint density at radius 2 is 2.04 bits per heavy atom. The number of esters is 1. The van der Waals surface area contributed by atoms with Crippen LogP contribution in [0.15, 0.2) is 27.4 Å². The van der Waals surface area contributed by atoms with E-state index < -0.39 is 0 Å². The predicted molar refractivity (Wildman–Crippen MR) is 96.0 cm³/mol. The third-order valence-electron chi connectivity index (χ3n) is 4.86. The van der Waals surface area contributed by atoms with Crippen LogP contribution in [-0.2, 0) is 16.1 Å². The Kier molecular flexibility index (Phi) is 5.45. The van der Waals surface area contributed by atoms with Gasteiger partial charge in [0.25, 0.3) is 0 Å². The van der Waals surface area contributed by atoms with Gasteiger partial charge in [-0.1, -0.05) is 11.6 Å². The summed E-state index contributed by atoms with van der Waals surface area (Å²) in [5, 5.41) is 1.55. The zero-order valence-corrected chi connectivity index (χ0v) is 15.3. The molecular formula is C19H23ClNO4+. The van der Waals surface area contributed by atoms with Gasteiger partial charge in [-0.2, -0.15) is 0 Å². The van der Waals surface area contributed by atoms with Crippen molar-refractivity contribution in [2.24, 2.45) is 5.92 Å². The zero-order valence-electron chi connectivity index (χ0n) is 14.6. The highest BCUT2D eigenvalue weighted by Crippen LogP contribution is 2.25. The molecule has 25 heavy (non-hydrogen) atoms. The first-order valence-electron chi connectivity index (χ1n) is 8.71. The first-order chi connectivity index (χ1) is 12.0. The maximum atomic E-state index is 11.9. The molecule has 2 heterocycles. The highest BCUT2D eigenvalue weighted by Gasteiger charge is 2.28. The van der Waals surface area contributed by atoms with Crippen molar-refractivity contribution in [1.29, 1.82) is 0 Å². The normalized spacial score (nSPS) is 20.6. The molecule has 0 amide bonds. The van der Waals surface area contributed by atoms with Gasteiger partial charge in [-0.25, -0.2) is 4.79 Å². The van der Waals surface area contributed by atoms with Crippen molar-refractivity contribution in [2.45, 2.75) is 33.2 Å². The lowest BCUT2D eigenvalue weighted by Gasteiger charge is -2.28. The maximum Gasteiger partial charge on any atom is 0.336 e. The quantitative estimate of drug-likeness (QED) is 0.666. The molecule has 1 saturated heterocycles. The number of benzene rings is 1. The average Bonchev–Trinajstić information content (AvgIpc) is 2.57. The summed E-state index contributed by atoms with van der Waals surface area (Å²) < 4.78 is 10.4. The van der Waals surface area contributed by atoms with E-state index in [1.54, 1.807) is 6.07 Å². The third kappa shape index (κ3) is 4.05. The number of nitrogens with one attached hydrogen (secondary N) is 1. The molecule has 1 fully saturated rings. The number of likely N-dealkylation sites (tertiary alicyclic amines) is 1. The lowest BCUT2D eigenvalue weighted by molar-refractivity contribution is -0.919. The van der Waals surface area contributed by atoms with Crippen molar-refractivity contribution in [3.63, 3.8) is 0 Å². The van der Waals surface area contributed by atoms with Crippen LogP contribution in [0, 0.1) is 12.8 Å². The SMILES string of the molecule is CCOC(=O)C1CC[NH+](Cc2cc(=O)oc3cc(C)c(Cl)cc23)CC1. The van der Waals surface area contributed by atoms with E-state index in [2.05, 4.69) is 0 Å². The van der Waals surface area contributed by atoms with E-state index in [-0.39, 0.29) is 17.5 Å². The lowest BCUT2D eigenvalue weighted by atomic mass is 9.96. The summed E-state index contributed by atoms with van der Waals surface area (Å²) in [6.07, 6.45) is 1.63. The number of ether oxygens (including phenoxy) is 1. The van der Waals surface area contributed by atoms with Gasteiger partial charge in [0.15, 0.2) is 0 Å². The number of quaternary nitrogens is 1. The molecule has 134 valence electrons. The van der Waals surface area contributed by atoms with Gasteiger partial charge in [-0.3, -0.25) is 4.79 Å². The summed E-state index contributed by atoms with van der Waals surface area (Å²) in [4.78, 5) is 25.1. The highest BCUT2D eigenvalue weighted by molar-refractivity contribution is 6.32. The van der Waals surface area contributed by atoms with Crippen LogP contribution < -0.4 is 10.5 Å². The molecule has 0 saturated carbocycles. The minimum absolute atomic E-state index is 0.00150. The Morgan fingerprint density at radius 1 is 1.32 bits per heavy atom. The molecule has 0 spiro atoms. The Bertz CT molecular complexity index is 837. The van der Waals surface area contributed by atoms with Crippen LogP contribution in [0.3, 0.4) is 0 Å². The Morgan fingerprint density at radius 3 is 2.72 bits per heavy atom. The summed E-state index contributed by atoms with van der Waals surface area (Å²) in [6.45, 7) is 6.63. The molecule has 0 bridgehead atoms. The van der Waals surface area contributed by atoms with E-state index >= 15 is 0 Å². The molecule has 1 N–H and O–H groups in total. The van der Waals surface area contributed by atoms with Crippen LogP contribution in [-0.4, -0.2) is 25.7 Å². The molecule has 5 nitrogen and oxygen atoms in total. The van der Waals surface area contributed by atoms with Crippen LogP contribution in [0.1, 0.15) is 30.9 Å². The minimum atomic E-state index is -0.343. The molecule has 3 rings (SSSR count). The van der Waals surface area contributed by atoms with Gasteiger partial charge in [-0.15, -0.1) is 0 Å². The summed E-state index contributed by atoms with van der Waals surface area (Å²) in [5.41, 5.74) is 2.06. The number of hydrogen-bond donors (Lipinski definition) is 1. The zero-order chi connectivity index (χ0) is 18.0. The number of aryl methyl sites for hydroxylation is 1. The molecule has 0 unspecified atom stereocenters. The third-order valence-corrected chi connectivity index (χ3v) is 5.27. The minimum Gasteiger partial charge on any atom is -0.466 e. The highest BCUT2D eigenvalue weighted by atomic mass is 35.5. The monoisotopic (exact) mass is 364 g/mol. The Labute approximate surface area is 151 Å². The number of fused-ring (bicyclic) bond motifs is 1. The van der Waals surface area contributed by atoms with Crippen LogP contribution in [0.2, 0.25) is 5.02 Å². The molecule has 1 aliphatic rings. The van der Waals surface area contributed by atoms with E-state index in [9.17, 15) is 9.59 Å². The number of hydrogen-bond acceptors (Lipinski definition) is 4. The summed E-state index contributed by atoms with van der Waals surface area (Å²) in [6, 6.07) is 5.23. The second-order valence-corrected chi connectivity index (χ2v) is 7.05. The fraction of sp³-hybridized carbons (Fsp3) is 0.474. The van der Waals surface area contributed by atoms with E-state index in [0.29, 0.717) is 17.2 Å². The summed E-state index contributed by atoms with van der Waals surface area (Å²) in [7, 11) is 0. The van der Waals surface area contributed by atoms with Gasteiger partial charge in [0.05, 0.1) is 25.6 Å². The standard InChI is InChI=1S/C19H22ClNO4/c1-3-24-19(23)13-4-6-21(7-5-13)11-14-9-18(22)25-17-8-12(2)16(20)10-15(14)17/h8-10,13H,3-7,11H2,1-2H3/p+1. The summed E-state index contributed by atoms with van der Waals surface area (Å²) in [5.74, 6) is -0.0898. The topological polar surface area (TPSA) is 61.0 Å². The molecule has 0 atom stereocenters. The lowest BCUT2D eigenvalue weighted by Crippen LogP contribution is -3.11. The van der Waals surface area contributed by atoms with Gasteiger partial charge in [-0.05, 0) is 31.5 Å². The van der Waals surface area contributed by atoms with Gasteiger partial charge in [0.2, 0.25) is 0 Å². The molecule has 0 aliphatic carbocycles. The van der Waals surface area contributed by atoms with Crippen molar-refractivity contribution < 1.29 is 18.8 Å². The fourth-order valence-corrected chi connectivity index (χ4v) is 3.63. The molecular weight excluding hydrogens is 342 g/mol. The fourth-order valence-electron chi connectivity index (χ4n) is 3.46. The van der Waals surface area contributed by atoms with Crippen molar-refractivity contribution >= 4 is 28.5 Å². The van der Waals surface area contributed by atoms with E-state index in [4.69, 9.17) is 20.8 Å². The molecule has 0 radical (unpaired) electrons. The van der Waals surface area contributed by atoms with E-state index in [1.165, 1.54) is 4.90 Å². The first-order valence-corrected chi connectivity index (χ1v) is 9.08. The van der Waals surface area contributed by atoms with Gasteiger partial charge >= 0.3 is 11.6 Å². The van der Waals surface area contributed by atoms with Crippen molar-refractivity contribution in [2.75, 3.05) is 19.7 Å². The molecule has 1 aliphatic heterocycles. The molecule has 1 aromatic heterocycles. The van der Waals surface area contributed by atoms with Gasteiger partial charge < -0.3 is 14.1 Å². The molecule has 1 aromatic carbocycles. The van der Waals surface area contributed by atoms with Crippen LogP contribution in [0.4, 0.5) is 0 Å². The van der Waals surface area contributed by atoms with Gasteiger partial charge in [0.1, 0.15) is 12.1 Å². The predicted octanol–water partition coefficient (Wildman–Crippen LogP) is 2.11. The smallest absolute Gasteiger partial charge is 0.336 e. The van der Waals surface area contributed by atoms with Crippen molar-refractivity contribution in [1.82, 2.24) is 0 Å². The molecule has 6 heteroatoms. The van der Waals surface area contributed by atoms with E-state index in [0.717, 1.165) is 49.0 Å². The Hall–Kier alpha value is -1.85. The number of halogens is 1. The van der Waals surface area contributed by atoms with Crippen molar-refractivity contribution in [3.8, 4) is 0 Å². The Balaban J connectivity index is 1.77. The number of piperidine rings is 1. The number of rotatable bonds is 4. The van der Waals surface area contributed by atoms with Crippen LogP contribution in [0.5, 0.6) is 0 Å². The first kappa shape index (κ1) is 18.0.